The summed E-state index contributed by atoms with van der Waals surface area (Å²) in [5, 5.41) is 5.87. The zero-order valence-electron chi connectivity index (χ0n) is 11.9. The number of hydrogen-bond acceptors (Lipinski definition) is 4. The Balaban J connectivity index is 2.06. The van der Waals surface area contributed by atoms with Crippen LogP contribution in [0.5, 0.6) is 5.75 Å². The lowest BCUT2D eigenvalue weighted by Gasteiger charge is -2.11. The molecule has 0 atom stereocenters. The molecule has 1 aromatic heterocycles. The van der Waals surface area contributed by atoms with Gasteiger partial charge >= 0.3 is 0 Å². The maximum atomic E-state index is 11.7. The number of hydrogen-bond donors (Lipinski definition) is 1. The third kappa shape index (κ3) is 3.44. The van der Waals surface area contributed by atoms with Crippen molar-refractivity contribution >= 4 is 32.5 Å². The first-order chi connectivity index (χ1) is 10.9. The van der Waals surface area contributed by atoms with Gasteiger partial charge < -0.3 is 4.74 Å². The zero-order chi connectivity index (χ0) is 16.4. The highest BCUT2D eigenvalue weighted by molar-refractivity contribution is 7.89. The van der Waals surface area contributed by atoms with Gasteiger partial charge in [-0.25, -0.2) is 18.5 Å². The lowest BCUT2D eigenvalue weighted by atomic mass is 10.2. The number of fused-ring (bicyclic) bond motifs is 1. The Morgan fingerprint density at radius 1 is 1.04 bits per heavy atom. The third-order valence-electron chi connectivity index (χ3n) is 3.29. The molecule has 0 radical (unpaired) electrons. The standard InChI is InChI=1S/C16H13ClN2O3S/c17-15-9-6-12-14(23(18,20)21)8-7-13(16(12)19-15)22-10-11-4-2-1-3-5-11/h1-9H,10H2,(H2,18,20,21). The first-order valence-corrected chi connectivity index (χ1v) is 8.66. The molecule has 3 rings (SSSR count). The van der Waals surface area contributed by atoms with Crippen LogP contribution in [0.15, 0.2) is 59.5 Å². The van der Waals surface area contributed by atoms with Gasteiger partial charge in [-0.3, -0.25) is 0 Å². The quantitative estimate of drug-likeness (QED) is 0.734. The van der Waals surface area contributed by atoms with Gasteiger partial charge in [0.25, 0.3) is 0 Å². The maximum absolute atomic E-state index is 11.7. The SMILES string of the molecule is NS(=O)(=O)c1ccc(OCc2ccccc2)c2nc(Cl)ccc12. The molecule has 0 aliphatic rings. The number of sulfonamides is 1. The van der Waals surface area contributed by atoms with Crippen molar-refractivity contribution in [2.45, 2.75) is 11.5 Å². The highest BCUT2D eigenvalue weighted by Crippen LogP contribution is 2.30. The zero-order valence-corrected chi connectivity index (χ0v) is 13.5. The summed E-state index contributed by atoms with van der Waals surface area (Å²) >= 11 is 5.93. The van der Waals surface area contributed by atoms with Crippen LogP contribution in [0.3, 0.4) is 0 Å². The van der Waals surface area contributed by atoms with Crippen molar-refractivity contribution in [3.8, 4) is 5.75 Å². The van der Waals surface area contributed by atoms with Gasteiger partial charge in [0.15, 0.2) is 0 Å². The van der Waals surface area contributed by atoms with Crippen molar-refractivity contribution < 1.29 is 13.2 Å². The average Bonchev–Trinajstić information content (AvgIpc) is 2.52. The molecule has 3 aromatic rings. The van der Waals surface area contributed by atoms with Crippen LogP contribution in [0, 0.1) is 0 Å². The number of rotatable bonds is 4. The second-order valence-corrected chi connectivity index (χ2v) is 6.83. The summed E-state index contributed by atoms with van der Waals surface area (Å²) in [6.45, 7) is 0.332. The Bertz CT molecular complexity index is 960. The Morgan fingerprint density at radius 3 is 2.48 bits per heavy atom. The molecule has 0 unspecified atom stereocenters. The van der Waals surface area contributed by atoms with E-state index in [0.717, 1.165) is 5.56 Å². The molecule has 0 amide bonds. The molecule has 0 bridgehead atoms. The summed E-state index contributed by atoms with van der Waals surface area (Å²) in [7, 11) is -3.86. The predicted octanol–water partition coefficient (Wildman–Crippen LogP) is 3.11. The largest absolute Gasteiger partial charge is 0.487 e. The Hall–Kier alpha value is -2.15. The fraction of sp³-hybridized carbons (Fsp3) is 0.0625. The van der Waals surface area contributed by atoms with Gasteiger partial charge in [-0.2, -0.15) is 0 Å². The van der Waals surface area contributed by atoms with E-state index in [0.29, 0.717) is 23.3 Å². The molecule has 7 heteroatoms. The number of aromatic nitrogens is 1. The van der Waals surface area contributed by atoms with Crippen molar-refractivity contribution in [2.75, 3.05) is 0 Å². The molecule has 118 valence electrons. The second kappa shape index (κ2) is 6.16. The van der Waals surface area contributed by atoms with E-state index in [1.807, 2.05) is 30.3 Å². The maximum Gasteiger partial charge on any atom is 0.238 e. The van der Waals surface area contributed by atoms with E-state index in [2.05, 4.69) is 4.98 Å². The molecule has 23 heavy (non-hydrogen) atoms. The average molecular weight is 349 g/mol. The summed E-state index contributed by atoms with van der Waals surface area (Å²) in [6.07, 6.45) is 0. The molecule has 2 N–H and O–H groups in total. The summed E-state index contributed by atoms with van der Waals surface area (Å²) in [4.78, 5) is 4.17. The van der Waals surface area contributed by atoms with Gasteiger partial charge in [-0.05, 0) is 29.8 Å². The molecule has 0 saturated heterocycles. The molecule has 0 aliphatic carbocycles. The number of halogens is 1. The molecule has 0 fully saturated rings. The monoisotopic (exact) mass is 348 g/mol. The minimum atomic E-state index is -3.86. The van der Waals surface area contributed by atoms with Crippen molar-refractivity contribution in [3.05, 3.63) is 65.3 Å². The summed E-state index contributed by atoms with van der Waals surface area (Å²) in [6, 6.07) is 15.6. The van der Waals surface area contributed by atoms with Crippen molar-refractivity contribution in [1.82, 2.24) is 4.98 Å². The Kier molecular flexibility index (Phi) is 4.21. The summed E-state index contributed by atoms with van der Waals surface area (Å²) in [5.41, 5.74) is 1.35. The number of pyridine rings is 1. The van der Waals surface area contributed by atoms with E-state index in [1.54, 1.807) is 6.07 Å². The Morgan fingerprint density at radius 2 is 1.78 bits per heavy atom. The first kappa shape index (κ1) is 15.7. The normalized spacial score (nSPS) is 11.6. The number of ether oxygens (including phenoxy) is 1. The van der Waals surface area contributed by atoms with E-state index in [-0.39, 0.29) is 10.0 Å². The minimum Gasteiger partial charge on any atom is -0.487 e. The molecular formula is C16H13ClN2O3S. The molecule has 2 aromatic carbocycles. The topological polar surface area (TPSA) is 82.3 Å². The predicted molar refractivity (Wildman–Crippen MR) is 88.9 cm³/mol. The van der Waals surface area contributed by atoms with Crippen LogP contribution >= 0.6 is 11.6 Å². The number of nitrogens with zero attached hydrogens (tertiary/aromatic N) is 1. The molecule has 5 nitrogen and oxygen atoms in total. The fourth-order valence-corrected chi connectivity index (χ4v) is 3.12. The van der Waals surface area contributed by atoms with Crippen LogP contribution in [0.25, 0.3) is 10.9 Å². The highest BCUT2D eigenvalue weighted by atomic mass is 35.5. The smallest absolute Gasteiger partial charge is 0.238 e. The number of primary sulfonamides is 1. The van der Waals surface area contributed by atoms with Crippen LogP contribution in [0.4, 0.5) is 0 Å². The van der Waals surface area contributed by atoms with Gasteiger partial charge in [-0.15, -0.1) is 0 Å². The van der Waals surface area contributed by atoms with E-state index in [4.69, 9.17) is 21.5 Å². The summed E-state index contributed by atoms with van der Waals surface area (Å²) in [5.74, 6) is 0.443. The van der Waals surface area contributed by atoms with Gasteiger partial charge in [0.1, 0.15) is 23.0 Å². The molecule has 0 saturated carbocycles. The van der Waals surface area contributed by atoms with Gasteiger partial charge in [0.05, 0.1) is 4.90 Å². The molecule has 1 heterocycles. The molecule has 0 spiro atoms. The first-order valence-electron chi connectivity index (χ1n) is 6.74. The lowest BCUT2D eigenvalue weighted by Crippen LogP contribution is -2.13. The van der Waals surface area contributed by atoms with Crippen LogP contribution < -0.4 is 9.88 Å². The van der Waals surface area contributed by atoms with Gasteiger partial charge in [-0.1, -0.05) is 41.9 Å². The van der Waals surface area contributed by atoms with Crippen LogP contribution in [0.1, 0.15) is 5.56 Å². The van der Waals surface area contributed by atoms with Crippen molar-refractivity contribution in [1.29, 1.82) is 0 Å². The summed E-state index contributed by atoms with van der Waals surface area (Å²) < 4.78 is 29.2. The van der Waals surface area contributed by atoms with Crippen LogP contribution in [-0.4, -0.2) is 13.4 Å². The van der Waals surface area contributed by atoms with Crippen LogP contribution in [0.2, 0.25) is 5.15 Å². The number of nitrogens with two attached hydrogens (primary N) is 1. The van der Waals surface area contributed by atoms with Crippen molar-refractivity contribution in [2.24, 2.45) is 5.14 Å². The number of benzene rings is 2. The van der Waals surface area contributed by atoms with Crippen molar-refractivity contribution in [3.63, 3.8) is 0 Å². The van der Waals surface area contributed by atoms with E-state index in [1.165, 1.54) is 18.2 Å². The van der Waals surface area contributed by atoms with E-state index >= 15 is 0 Å². The molecule has 0 aliphatic heterocycles. The third-order valence-corrected chi connectivity index (χ3v) is 4.47. The highest BCUT2D eigenvalue weighted by Gasteiger charge is 2.16. The Labute approximate surface area is 138 Å². The van der Waals surface area contributed by atoms with E-state index in [9.17, 15) is 8.42 Å². The second-order valence-electron chi connectivity index (χ2n) is 4.91. The van der Waals surface area contributed by atoms with E-state index < -0.39 is 10.0 Å². The lowest BCUT2D eigenvalue weighted by molar-refractivity contribution is 0.309. The van der Waals surface area contributed by atoms with Gasteiger partial charge in [0.2, 0.25) is 10.0 Å². The van der Waals surface area contributed by atoms with Gasteiger partial charge in [0, 0.05) is 5.39 Å². The van der Waals surface area contributed by atoms with Crippen LogP contribution in [-0.2, 0) is 16.6 Å². The minimum absolute atomic E-state index is 0.0104. The molecular weight excluding hydrogens is 336 g/mol. The fourth-order valence-electron chi connectivity index (χ4n) is 2.24.